The molecule has 0 aliphatic carbocycles. The smallest absolute Gasteiger partial charge is 0.249 e. The molecule has 5 nitrogen and oxygen atoms in total. The Balaban J connectivity index is 3.77. The third-order valence-corrected chi connectivity index (χ3v) is 7.79. The normalized spacial score (nSPS) is 14.2. The maximum Gasteiger partial charge on any atom is 0.249 e. The van der Waals surface area contributed by atoms with Crippen molar-refractivity contribution >= 4 is 5.91 Å². The third kappa shape index (κ3) is 25.8. The molecule has 1 amide bonds. The lowest BCUT2D eigenvalue weighted by atomic mass is 10.0. The molecule has 3 unspecified atom stereocenters. The summed E-state index contributed by atoms with van der Waals surface area (Å²) in [6, 6.07) is -0.795. The molecule has 4 N–H and O–H groups in total. The number of hydrogen-bond donors (Lipinski definition) is 4. The van der Waals surface area contributed by atoms with E-state index in [9.17, 15) is 20.1 Å². The van der Waals surface area contributed by atoms with Crippen LogP contribution in [0.25, 0.3) is 0 Å². The fourth-order valence-corrected chi connectivity index (χ4v) is 5.00. The number of unbranched alkanes of at least 4 members (excludes halogenated alkanes) is 20. The topological polar surface area (TPSA) is 89.8 Å². The molecule has 3 atom stereocenters. The van der Waals surface area contributed by atoms with Gasteiger partial charge in [0.15, 0.2) is 0 Å². The molecule has 0 radical (unpaired) electrons. The van der Waals surface area contributed by atoms with Gasteiger partial charge in [0.2, 0.25) is 5.91 Å². The van der Waals surface area contributed by atoms with Gasteiger partial charge < -0.3 is 20.6 Å². The zero-order valence-corrected chi connectivity index (χ0v) is 26.5. The number of hydrogen-bond acceptors (Lipinski definition) is 4. The van der Waals surface area contributed by atoms with Crippen LogP contribution in [0.1, 0.15) is 168 Å². The van der Waals surface area contributed by atoms with Crippen molar-refractivity contribution in [2.24, 2.45) is 0 Å². The van der Waals surface area contributed by atoms with Crippen molar-refractivity contribution in [3.05, 3.63) is 24.3 Å². The monoisotopic (exact) mass is 566 g/mol. The molecule has 40 heavy (non-hydrogen) atoms. The molecule has 0 heterocycles. The summed E-state index contributed by atoms with van der Waals surface area (Å²) in [6.45, 7) is 4.13. The second-order valence-corrected chi connectivity index (χ2v) is 11.7. The number of allylic oxidation sites excluding steroid dienone is 3. The lowest BCUT2D eigenvalue weighted by Gasteiger charge is -2.21. The molecule has 236 valence electrons. The maximum absolute atomic E-state index is 12.3. The van der Waals surface area contributed by atoms with Crippen molar-refractivity contribution in [1.82, 2.24) is 5.32 Å². The van der Waals surface area contributed by atoms with Crippen LogP contribution in [-0.2, 0) is 4.79 Å². The van der Waals surface area contributed by atoms with Gasteiger partial charge in [0.05, 0.1) is 18.8 Å². The van der Waals surface area contributed by atoms with Crippen molar-refractivity contribution in [2.45, 2.75) is 186 Å². The van der Waals surface area contributed by atoms with Gasteiger partial charge in [-0.3, -0.25) is 4.79 Å². The Kier molecular flexibility index (Phi) is 29.9. The number of carbonyl (C=O) groups is 1. The van der Waals surface area contributed by atoms with E-state index in [1.165, 1.54) is 116 Å². The number of rotatable bonds is 30. The quantitative estimate of drug-likeness (QED) is 0.0518. The number of aliphatic hydroxyl groups is 3. The van der Waals surface area contributed by atoms with E-state index in [2.05, 4.69) is 31.3 Å². The van der Waals surface area contributed by atoms with Crippen molar-refractivity contribution in [3.63, 3.8) is 0 Å². The maximum atomic E-state index is 12.3. The predicted molar refractivity (Wildman–Crippen MR) is 171 cm³/mol. The fraction of sp³-hybridized carbons (Fsp3) is 0.857. The van der Waals surface area contributed by atoms with Crippen molar-refractivity contribution in [3.8, 4) is 0 Å². The fourth-order valence-electron chi connectivity index (χ4n) is 5.00. The molecule has 0 aromatic heterocycles. The van der Waals surface area contributed by atoms with Crippen LogP contribution < -0.4 is 5.32 Å². The largest absolute Gasteiger partial charge is 0.394 e. The summed E-state index contributed by atoms with van der Waals surface area (Å²) in [4.78, 5) is 12.3. The molecule has 0 bridgehead atoms. The SMILES string of the molecule is CCCCCCCC/C=C\CCCCCCCCC(O)C(=O)NC(CO)C(O)/C=C/CCCCCCCCCC. The van der Waals surface area contributed by atoms with E-state index in [0.29, 0.717) is 6.42 Å². The molecule has 0 saturated heterocycles. The summed E-state index contributed by atoms with van der Waals surface area (Å²) in [5, 5.41) is 32.8. The van der Waals surface area contributed by atoms with Gasteiger partial charge in [-0.25, -0.2) is 0 Å². The summed E-state index contributed by atoms with van der Waals surface area (Å²) in [5.41, 5.74) is 0. The minimum atomic E-state index is -1.10. The van der Waals surface area contributed by atoms with Gasteiger partial charge in [-0.2, -0.15) is 0 Å². The predicted octanol–water partition coefficient (Wildman–Crippen LogP) is 8.70. The molecule has 0 saturated carbocycles. The van der Waals surface area contributed by atoms with Gasteiger partial charge in [-0.15, -0.1) is 0 Å². The Bertz CT molecular complexity index is 592. The van der Waals surface area contributed by atoms with Gasteiger partial charge in [0.25, 0.3) is 0 Å². The number of aliphatic hydroxyl groups excluding tert-OH is 3. The first kappa shape index (κ1) is 38.8. The molecular weight excluding hydrogens is 498 g/mol. The molecule has 0 aliphatic heterocycles. The van der Waals surface area contributed by atoms with Gasteiger partial charge in [0, 0.05) is 0 Å². The van der Waals surface area contributed by atoms with Crippen LogP contribution in [0.3, 0.4) is 0 Å². The number of nitrogens with one attached hydrogen (secondary N) is 1. The van der Waals surface area contributed by atoms with Crippen LogP contribution >= 0.6 is 0 Å². The second kappa shape index (κ2) is 30.8. The van der Waals surface area contributed by atoms with Crippen LogP contribution in [0.2, 0.25) is 0 Å². The summed E-state index contributed by atoms with van der Waals surface area (Å²) >= 11 is 0. The molecule has 0 fully saturated rings. The minimum Gasteiger partial charge on any atom is -0.394 e. The summed E-state index contributed by atoms with van der Waals surface area (Å²) in [7, 11) is 0. The zero-order valence-electron chi connectivity index (χ0n) is 26.5. The van der Waals surface area contributed by atoms with E-state index in [1.54, 1.807) is 6.08 Å². The van der Waals surface area contributed by atoms with Gasteiger partial charge in [0.1, 0.15) is 6.10 Å². The Morgan fingerprint density at radius 3 is 1.45 bits per heavy atom. The molecular formula is C35H67NO4. The molecule has 0 aromatic carbocycles. The van der Waals surface area contributed by atoms with Gasteiger partial charge >= 0.3 is 0 Å². The molecule has 0 spiro atoms. The highest BCUT2D eigenvalue weighted by Crippen LogP contribution is 2.13. The molecule has 0 aliphatic rings. The highest BCUT2D eigenvalue weighted by atomic mass is 16.3. The average Bonchev–Trinajstić information content (AvgIpc) is 2.96. The number of carbonyl (C=O) groups excluding carboxylic acids is 1. The van der Waals surface area contributed by atoms with E-state index < -0.39 is 24.2 Å². The lowest BCUT2D eigenvalue weighted by molar-refractivity contribution is -0.131. The standard InChI is InChI=1S/C35H67NO4/c1-3-5-7-9-11-13-15-16-17-18-19-20-22-24-26-28-30-34(39)35(40)36-32(31-37)33(38)29-27-25-23-21-14-12-10-8-6-4-2/h16-17,27,29,32-34,37-39H,3-15,18-26,28,30-31H2,1-2H3,(H,36,40)/b17-16-,29-27+. The Morgan fingerprint density at radius 1 is 0.600 bits per heavy atom. The van der Waals surface area contributed by atoms with Crippen LogP contribution in [0.15, 0.2) is 24.3 Å². The Morgan fingerprint density at radius 2 is 1.00 bits per heavy atom. The van der Waals surface area contributed by atoms with E-state index in [0.717, 1.165) is 32.1 Å². The summed E-state index contributed by atoms with van der Waals surface area (Å²) in [6.07, 6.45) is 34.7. The van der Waals surface area contributed by atoms with Crippen LogP contribution in [-0.4, -0.2) is 46.1 Å². The summed E-state index contributed by atoms with van der Waals surface area (Å²) in [5.74, 6) is -0.512. The molecule has 5 heteroatoms. The van der Waals surface area contributed by atoms with E-state index >= 15 is 0 Å². The first-order valence-corrected chi connectivity index (χ1v) is 17.2. The van der Waals surface area contributed by atoms with E-state index in [4.69, 9.17) is 0 Å². The van der Waals surface area contributed by atoms with Crippen molar-refractivity contribution < 1.29 is 20.1 Å². The van der Waals surface area contributed by atoms with E-state index in [1.807, 2.05) is 6.08 Å². The molecule has 0 aromatic rings. The van der Waals surface area contributed by atoms with E-state index in [-0.39, 0.29) is 6.61 Å². The number of amides is 1. The van der Waals surface area contributed by atoms with Crippen LogP contribution in [0.5, 0.6) is 0 Å². The van der Waals surface area contributed by atoms with Crippen LogP contribution in [0.4, 0.5) is 0 Å². The van der Waals surface area contributed by atoms with Gasteiger partial charge in [-0.1, -0.05) is 147 Å². The Hall–Kier alpha value is -1.17. The van der Waals surface area contributed by atoms with Crippen molar-refractivity contribution in [1.29, 1.82) is 0 Å². The third-order valence-electron chi connectivity index (χ3n) is 7.79. The average molecular weight is 566 g/mol. The highest BCUT2D eigenvalue weighted by molar-refractivity contribution is 5.80. The zero-order chi connectivity index (χ0) is 29.5. The summed E-state index contributed by atoms with van der Waals surface area (Å²) < 4.78 is 0. The van der Waals surface area contributed by atoms with Crippen molar-refractivity contribution in [2.75, 3.05) is 6.61 Å². The first-order valence-electron chi connectivity index (χ1n) is 17.2. The lowest BCUT2D eigenvalue weighted by Crippen LogP contribution is -2.48. The minimum absolute atomic E-state index is 0.365. The molecule has 0 rings (SSSR count). The van der Waals surface area contributed by atoms with Gasteiger partial charge in [-0.05, 0) is 44.9 Å². The van der Waals surface area contributed by atoms with Crippen LogP contribution in [0, 0.1) is 0 Å². The highest BCUT2D eigenvalue weighted by Gasteiger charge is 2.22. The first-order chi connectivity index (χ1) is 19.6. The Labute approximate surface area is 248 Å². The second-order valence-electron chi connectivity index (χ2n) is 11.7.